The average Bonchev–Trinajstić information content (AvgIpc) is 3.12. The molecule has 0 bridgehead atoms. The highest BCUT2D eigenvalue weighted by molar-refractivity contribution is 8.14. The van der Waals surface area contributed by atoms with E-state index in [9.17, 15) is 23.2 Å². The summed E-state index contributed by atoms with van der Waals surface area (Å²) in [7, 11) is 0. The molecular formula is C14H11F2N5O3S. The van der Waals surface area contributed by atoms with E-state index in [0.717, 1.165) is 28.8 Å². The Hall–Kier alpha value is -2.82. The molecular weight excluding hydrogens is 356 g/mol. The van der Waals surface area contributed by atoms with Crippen LogP contribution in [0.15, 0.2) is 24.4 Å². The Morgan fingerprint density at radius 2 is 2.12 bits per heavy atom. The summed E-state index contributed by atoms with van der Waals surface area (Å²) in [5, 5.41) is 9.29. The normalized spacial score (nSPS) is 14.2. The van der Waals surface area contributed by atoms with Crippen molar-refractivity contribution >= 4 is 34.5 Å². The zero-order chi connectivity index (χ0) is 18.0. The number of rotatable bonds is 5. The number of aromatic nitrogens is 3. The molecule has 11 heteroatoms. The number of hydrogen-bond donors (Lipinski definition) is 1. The number of halogens is 2. The summed E-state index contributed by atoms with van der Waals surface area (Å²) >= 11 is 0.895. The number of carbonyl (C=O) groups excluding carboxylic acids is 3. The molecule has 3 rings (SSSR count). The predicted molar refractivity (Wildman–Crippen MR) is 83.4 cm³/mol. The summed E-state index contributed by atoms with van der Waals surface area (Å²) in [4.78, 5) is 36.3. The molecule has 0 aliphatic carbocycles. The van der Waals surface area contributed by atoms with E-state index in [-0.39, 0.29) is 35.7 Å². The van der Waals surface area contributed by atoms with Crippen LogP contribution >= 0.6 is 11.8 Å². The van der Waals surface area contributed by atoms with Crippen LogP contribution in [0, 0.1) is 11.6 Å². The van der Waals surface area contributed by atoms with Crippen molar-refractivity contribution in [2.75, 3.05) is 11.1 Å². The van der Waals surface area contributed by atoms with Gasteiger partial charge in [-0.05, 0) is 12.1 Å². The van der Waals surface area contributed by atoms with E-state index < -0.39 is 17.5 Å². The van der Waals surface area contributed by atoms with E-state index >= 15 is 0 Å². The first kappa shape index (κ1) is 17.0. The first-order chi connectivity index (χ1) is 11.9. The van der Waals surface area contributed by atoms with Gasteiger partial charge >= 0.3 is 0 Å². The second-order valence-electron chi connectivity index (χ2n) is 5.09. The summed E-state index contributed by atoms with van der Waals surface area (Å²) in [5.41, 5.74) is 0.202. The Morgan fingerprint density at radius 3 is 2.80 bits per heavy atom. The van der Waals surface area contributed by atoms with E-state index in [1.54, 1.807) is 0 Å². The maximum Gasteiger partial charge on any atom is 0.289 e. The van der Waals surface area contributed by atoms with Crippen molar-refractivity contribution in [3.05, 3.63) is 41.7 Å². The van der Waals surface area contributed by atoms with Gasteiger partial charge in [0.1, 0.15) is 18.2 Å². The zero-order valence-electron chi connectivity index (χ0n) is 12.6. The highest BCUT2D eigenvalue weighted by Gasteiger charge is 2.30. The third-order valence-electron chi connectivity index (χ3n) is 3.36. The molecule has 1 N–H and O–H groups in total. The molecule has 25 heavy (non-hydrogen) atoms. The van der Waals surface area contributed by atoms with Gasteiger partial charge in [0.2, 0.25) is 11.8 Å². The summed E-state index contributed by atoms with van der Waals surface area (Å²) < 4.78 is 27.6. The Kier molecular flexibility index (Phi) is 4.74. The summed E-state index contributed by atoms with van der Waals surface area (Å²) in [6, 6.07) is 2.77. The van der Waals surface area contributed by atoms with Crippen LogP contribution < -0.4 is 5.32 Å². The minimum Gasteiger partial charge on any atom is -0.322 e. The van der Waals surface area contributed by atoms with Crippen LogP contribution in [0.2, 0.25) is 0 Å². The van der Waals surface area contributed by atoms with Crippen molar-refractivity contribution in [2.45, 2.75) is 13.1 Å². The van der Waals surface area contributed by atoms with Gasteiger partial charge in [0.25, 0.3) is 5.24 Å². The zero-order valence-corrected chi connectivity index (χ0v) is 13.4. The lowest BCUT2D eigenvalue weighted by Crippen LogP contribution is -2.30. The third-order valence-corrected chi connectivity index (χ3v) is 4.22. The van der Waals surface area contributed by atoms with E-state index in [1.165, 1.54) is 10.9 Å². The molecule has 1 fully saturated rings. The van der Waals surface area contributed by atoms with E-state index in [4.69, 9.17) is 0 Å². The number of nitrogens with one attached hydrogen (secondary N) is 1. The van der Waals surface area contributed by atoms with Crippen LogP contribution in [0.25, 0.3) is 0 Å². The number of carbonyl (C=O) groups is 3. The molecule has 0 unspecified atom stereocenters. The van der Waals surface area contributed by atoms with E-state index in [0.29, 0.717) is 11.8 Å². The molecule has 1 aliphatic rings. The fourth-order valence-corrected chi connectivity index (χ4v) is 2.87. The van der Waals surface area contributed by atoms with Crippen LogP contribution in [0.3, 0.4) is 0 Å². The van der Waals surface area contributed by atoms with Crippen molar-refractivity contribution < 1.29 is 23.2 Å². The Labute approximate surface area is 144 Å². The van der Waals surface area contributed by atoms with Gasteiger partial charge in [0.05, 0.1) is 29.9 Å². The molecule has 1 aromatic carbocycles. The average molecular weight is 367 g/mol. The number of benzene rings is 1. The predicted octanol–water partition coefficient (Wildman–Crippen LogP) is 1.39. The summed E-state index contributed by atoms with van der Waals surface area (Å²) in [6.45, 7) is -0.370. The molecule has 8 nitrogen and oxygen atoms in total. The number of anilines is 1. The number of amides is 3. The van der Waals surface area contributed by atoms with Gasteiger partial charge in [-0.1, -0.05) is 17.0 Å². The largest absolute Gasteiger partial charge is 0.322 e. The molecule has 0 spiro atoms. The second-order valence-corrected chi connectivity index (χ2v) is 6.02. The fraction of sp³-hybridized carbons (Fsp3) is 0.214. The molecule has 3 amide bonds. The van der Waals surface area contributed by atoms with Gasteiger partial charge in [-0.15, -0.1) is 5.10 Å². The molecule has 0 saturated carbocycles. The Morgan fingerprint density at radius 1 is 1.32 bits per heavy atom. The first-order valence-electron chi connectivity index (χ1n) is 7.03. The molecule has 2 heterocycles. The van der Waals surface area contributed by atoms with Crippen LogP contribution in [0.5, 0.6) is 0 Å². The Bertz CT molecular complexity index is 841. The van der Waals surface area contributed by atoms with Crippen LogP contribution in [-0.2, 0) is 22.7 Å². The quantitative estimate of drug-likeness (QED) is 0.858. The van der Waals surface area contributed by atoms with Crippen molar-refractivity contribution in [2.24, 2.45) is 0 Å². The van der Waals surface area contributed by atoms with Crippen LogP contribution in [0.1, 0.15) is 5.69 Å². The lowest BCUT2D eigenvalue weighted by molar-refractivity contribution is -0.125. The van der Waals surface area contributed by atoms with Gasteiger partial charge in [-0.2, -0.15) is 0 Å². The Balaban J connectivity index is 1.67. The minimum atomic E-state index is -0.905. The lowest BCUT2D eigenvalue weighted by atomic mass is 10.3. The number of nitrogens with zero attached hydrogens (tertiary/aromatic N) is 4. The van der Waals surface area contributed by atoms with Crippen molar-refractivity contribution in [3.8, 4) is 0 Å². The molecule has 1 aliphatic heterocycles. The summed E-state index contributed by atoms with van der Waals surface area (Å²) in [5.74, 6) is -2.54. The lowest BCUT2D eigenvalue weighted by Gasteiger charge is -2.13. The smallest absolute Gasteiger partial charge is 0.289 e. The van der Waals surface area contributed by atoms with Gasteiger partial charge < -0.3 is 5.32 Å². The topological polar surface area (TPSA) is 97.2 Å². The maximum atomic E-state index is 13.6. The van der Waals surface area contributed by atoms with E-state index in [1.807, 2.05) is 0 Å². The van der Waals surface area contributed by atoms with Crippen LogP contribution in [-0.4, -0.2) is 42.7 Å². The highest BCUT2D eigenvalue weighted by Crippen LogP contribution is 2.21. The van der Waals surface area contributed by atoms with Crippen LogP contribution in [0.4, 0.5) is 19.3 Å². The number of hydrogen-bond acceptors (Lipinski definition) is 6. The molecule has 2 aromatic rings. The number of imide groups is 1. The van der Waals surface area contributed by atoms with Crippen molar-refractivity contribution in [1.82, 2.24) is 19.9 Å². The monoisotopic (exact) mass is 367 g/mol. The van der Waals surface area contributed by atoms with Gasteiger partial charge in [-0.3, -0.25) is 19.3 Å². The highest BCUT2D eigenvalue weighted by atomic mass is 32.2. The third kappa shape index (κ3) is 3.82. The van der Waals surface area contributed by atoms with Crippen molar-refractivity contribution in [3.63, 3.8) is 0 Å². The molecule has 1 saturated heterocycles. The molecule has 0 radical (unpaired) electrons. The second kappa shape index (κ2) is 6.97. The molecule has 1 aromatic heterocycles. The van der Waals surface area contributed by atoms with Gasteiger partial charge in [0.15, 0.2) is 0 Å². The number of thioether (sulfide) groups is 1. The van der Waals surface area contributed by atoms with Gasteiger partial charge in [-0.25, -0.2) is 13.5 Å². The molecule has 130 valence electrons. The first-order valence-corrected chi connectivity index (χ1v) is 8.02. The SMILES string of the molecule is O=C(Cn1nncc1CN1C(=O)CSC1=O)Nc1ccc(F)cc1F. The fourth-order valence-electron chi connectivity index (χ4n) is 2.15. The molecule has 0 atom stereocenters. The standard InChI is InChI=1S/C14H11F2N5O3S/c15-8-1-2-11(10(16)3-8)18-12(22)6-21-9(4-17-19-21)5-20-13(23)7-25-14(20)24/h1-4H,5-7H2,(H,18,22). The van der Waals surface area contributed by atoms with Gasteiger partial charge in [0, 0.05) is 6.07 Å². The minimum absolute atomic E-state index is 0.0597. The van der Waals surface area contributed by atoms with Crippen molar-refractivity contribution in [1.29, 1.82) is 0 Å². The maximum absolute atomic E-state index is 13.6. The van der Waals surface area contributed by atoms with E-state index in [2.05, 4.69) is 15.6 Å². The summed E-state index contributed by atoms with van der Waals surface area (Å²) in [6.07, 6.45) is 1.33.